The highest BCUT2D eigenvalue weighted by atomic mass is 14.3. The quantitative estimate of drug-likeness (QED) is 0.407. The Labute approximate surface area is 82.5 Å². The van der Waals surface area contributed by atoms with Gasteiger partial charge in [0.1, 0.15) is 0 Å². The van der Waals surface area contributed by atoms with Gasteiger partial charge in [-0.1, -0.05) is 32.3 Å². The third kappa shape index (κ3) is 7.59. The monoisotopic (exact) mass is 179 g/mol. The van der Waals surface area contributed by atoms with Gasteiger partial charge in [0.15, 0.2) is 0 Å². The minimum absolute atomic E-state index is 0.291. The van der Waals surface area contributed by atoms with Crippen molar-refractivity contribution in [3.63, 3.8) is 0 Å². The van der Waals surface area contributed by atoms with Crippen LogP contribution in [0.5, 0.6) is 0 Å². The predicted molar refractivity (Wildman–Crippen MR) is 57.3 cm³/mol. The maximum Gasteiger partial charge on any atom is 0.0655 e. The Morgan fingerprint density at radius 3 is 2.54 bits per heavy atom. The number of hydrogen-bond acceptors (Lipinski definition) is 1. The third-order valence-electron chi connectivity index (χ3n) is 2.39. The molecule has 0 aliphatic heterocycles. The summed E-state index contributed by atoms with van der Waals surface area (Å²) >= 11 is 0. The first-order valence-corrected chi connectivity index (χ1v) is 5.35. The van der Waals surface area contributed by atoms with E-state index in [9.17, 15) is 0 Å². The molecule has 0 aromatic carbocycles. The van der Waals surface area contributed by atoms with Gasteiger partial charge in [-0.25, -0.2) is 0 Å². The van der Waals surface area contributed by atoms with Crippen molar-refractivity contribution in [1.29, 1.82) is 5.26 Å². The minimum atomic E-state index is 0.291. The Kier molecular flexibility index (Phi) is 8.77. The Hall–Kier alpha value is -0.770. The van der Waals surface area contributed by atoms with Crippen molar-refractivity contribution >= 4 is 0 Å². The molecule has 0 aromatic heterocycles. The van der Waals surface area contributed by atoms with E-state index >= 15 is 0 Å². The summed E-state index contributed by atoms with van der Waals surface area (Å²) in [4.78, 5) is 0. The lowest BCUT2D eigenvalue weighted by Gasteiger charge is -2.04. The lowest BCUT2D eigenvalue weighted by atomic mass is 9.99. The lowest BCUT2D eigenvalue weighted by molar-refractivity contribution is 0.523. The third-order valence-corrected chi connectivity index (χ3v) is 2.39. The maximum atomic E-state index is 8.70. The fourth-order valence-electron chi connectivity index (χ4n) is 1.39. The van der Waals surface area contributed by atoms with Crippen molar-refractivity contribution in [3.05, 3.63) is 12.7 Å². The molecule has 0 fully saturated rings. The molecule has 13 heavy (non-hydrogen) atoms. The van der Waals surface area contributed by atoms with Crippen LogP contribution in [0.15, 0.2) is 12.7 Å². The van der Waals surface area contributed by atoms with E-state index < -0.39 is 0 Å². The first-order chi connectivity index (χ1) is 6.35. The number of allylic oxidation sites excluding steroid dienone is 1. The summed E-state index contributed by atoms with van der Waals surface area (Å²) in [5.41, 5.74) is 0. The number of rotatable bonds is 8. The second kappa shape index (κ2) is 9.32. The molecule has 0 saturated heterocycles. The van der Waals surface area contributed by atoms with E-state index in [4.69, 9.17) is 5.26 Å². The van der Waals surface area contributed by atoms with Gasteiger partial charge in [0, 0.05) is 5.92 Å². The summed E-state index contributed by atoms with van der Waals surface area (Å²) in [5.74, 6) is 0.291. The topological polar surface area (TPSA) is 23.8 Å². The molecular formula is C12H21N. The molecule has 0 heterocycles. The van der Waals surface area contributed by atoms with Crippen LogP contribution in [0.25, 0.3) is 0 Å². The molecule has 1 heteroatoms. The van der Waals surface area contributed by atoms with Gasteiger partial charge in [0.2, 0.25) is 0 Å². The Morgan fingerprint density at radius 1 is 1.31 bits per heavy atom. The van der Waals surface area contributed by atoms with Crippen molar-refractivity contribution in [2.45, 2.75) is 51.9 Å². The van der Waals surface area contributed by atoms with E-state index in [-0.39, 0.29) is 0 Å². The summed E-state index contributed by atoms with van der Waals surface area (Å²) in [6.45, 7) is 5.78. The van der Waals surface area contributed by atoms with Crippen LogP contribution in [-0.2, 0) is 0 Å². The summed E-state index contributed by atoms with van der Waals surface area (Å²) in [5, 5.41) is 8.70. The normalized spacial score (nSPS) is 12.0. The molecule has 0 saturated carbocycles. The molecule has 1 nitrogen and oxygen atoms in total. The Bertz CT molecular complexity index is 155. The summed E-state index contributed by atoms with van der Waals surface area (Å²) in [7, 11) is 0. The van der Waals surface area contributed by atoms with Gasteiger partial charge in [-0.05, 0) is 25.7 Å². The molecule has 74 valence electrons. The van der Waals surface area contributed by atoms with Crippen LogP contribution < -0.4 is 0 Å². The standard InChI is InChI=1S/C12H21N/c1-3-5-6-7-8-9-10-12(4-2)11-13/h3,12H,1,4-10H2,2H3. The second-order valence-corrected chi connectivity index (χ2v) is 3.51. The number of hydrogen-bond donors (Lipinski definition) is 0. The fourth-order valence-corrected chi connectivity index (χ4v) is 1.39. The predicted octanol–water partition coefficient (Wildman–Crippen LogP) is 4.06. The second-order valence-electron chi connectivity index (χ2n) is 3.51. The summed E-state index contributed by atoms with van der Waals surface area (Å²) < 4.78 is 0. The molecule has 0 aliphatic rings. The van der Waals surface area contributed by atoms with Gasteiger partial charge in [-0.15, -0.1) is 6.58 Å². The van der Waals surface area contributed by atoms with Crippen LogP contribution in [0.1, 0.15) is 51.9 Å². The largest absolute Gasteiger partial charge is 0.198 e. The highest BCUT2D eigenvalue weighted by Crippen LogP contribution is 2.13. The highest BCUT2D eigenvalue weighted by molar-refractivity contribution is 4.80. The first-order valence-electron chi connectivity index (χ1n) is 5.35. The molecule has 1 atom stereocenters. The van der Waals surface area contributed by atoms with E-state index in [1.54, 1.807) is 0 Å². The Balaban J connectivity index is 3.15. The van der Waals surface area contributed by atoms with Crippen LogP contribution in [0, 0.1) is 17.2 Å². The van der Waals surface area contributed by atoms with Crippen molar-refractivity contribution < 1.29 is 0 Å². The molecule has 0 aliphatic carbocycles. The van der Waals surface area contributed by atoms with Gasteiger partial charge in [0.05, 0.1) is 6.07 Å². The molecule has 0 spiro atoms. The maximum absolute atomic E-state index is 8.70. The van der Waals surface area contributed by atoms with E-state index in [0.717, 1.165) is 19.3 Å². The van der Waals surface area contributed by atoms with Crippen LogP contribution in [0.2, 0.25) is 0 Å². The molecule has 0 aromatic rings. The number of unbranched alkanes of at least 4 members (excludes halogenated alkanes) is 4. The average Bonchev–Trinajstić information content (AvgIpc) is 2.17. The minimum Gasteiger partial charge on any atom is -0.198 e. The van der Waals surface area contributed by atoms with Gasteiger partial charge in [-0.2, -0.15) is 5.26 Å². The molecule has 1 unspecified atom stereocenters. The van der Waals surface area contributed by atoms with Crippen LogP contribution in [0.4, 0.5) is 0 Å². The SMILES string of the molecule is C=CCCCCCCC(C#N)CC. The lowest BCUT2D eigenvalue weighted by Crippen LogP contribution is -1.94. The average molecular weight is 179 g/mol. The van der Waals surface area contributed by atoms with E-state index in [0.29, 0.717) is 5.92 Å². The van der Waals surface area contributed by atoms with Crippen molar-refractivity contribution in [2.24, 2.45) is 5.92 Å². The molecule has 0 bridgehead atoms. The van der Waals surface area contributed by atoms with Crippen molar-refractivity contribution in [1.82, 2.24) is 0 Å². The zero-order valence-corrected chi connectivity index (χ0v) is 8.76. The van der Waals surface area contributed by atoms with E-state index in [2.05, 4.69) is 19.6 Å². The van der Waals surface area contributed by atoms with Gasteiger partial charge >= 0.3 is 0 Å². The molecule has 0 amide bonds. The smallest absolute Gasteiger partial charge is 0.0655 e. The highest BCUT2D eigenvalue weighted by Gasteiger charge is 2.02. The molecule has 0 radical (unpaired) electrons. The Morgan fingerprint density at radius 2 is 2.00 bits per heavy atom. The van der Waals surface area contributed by atoms with Crippen LogP contribution in [-0.4, -0.2) is 0 Å². The fraction of sp³-hybridized carbons (Fsp3) is 0.750. The van der Waals surface area contributed by atoms with Gasteiger partial charge in [0.25, 0.3) is 0 Å². The molecular weight excluding hydrogens is 158 g/mol. The van der Waals surface area contributed by atoms with E-state index in [1.807, 2.05) is 6.08 Å². The van der Waals surface area contributed by atoms with Crippen molar-refractivity contribution in [2.75, 3.05) is 0 Å². The van der Waals surface area contributed by atoms with Crippen molar-refractivity contribution in [3.8, 4) is 6.07 Å². The van der Waals surface area contributed by atoms with Crippen LogP contribution in [0.3, 0.4) is 0 Å². The number of nitriles is 1. The molecule has 0 N–H and O–H groups in total. The van der Waals surface area contributed by atoms with Gasteiger partial charge < -0.3 is 0 Å². The summed E-state index contributed by atoms with van der Waals surface area (Å²) in [6.07, 6.45) is 10.2. The number of nitrogens with zero attached hydrogens (tertiary/aromatic N) is 1. The first kappa shape index (κ1) is 12.2. The van der Waals surface area contributed by atoms with E-state index in [1.165, 1.54) is 25.7 Å². The summed E-state index contributed by atoms with van der Waals surface area (Å²) in [6, 6.07) is 2.34. The zero-order chi connectivity index (χ0) is 9.94. The zero-order valence-electron chi connectivity index (χ0n) is 8.76. The van der Waals surface area contributed by atoms with Gasteiger partial charge in [-0.3, -0.25) is 0 Å². The molecule has 0 rings (SSSR count). The van der Waals surface area contributed by atoms with Crippen LogP contribution >= 0.6 is 0 Å².